The van der Waals surface area contributed by atoms with Crippen molar-refractivity contribution < 1.29 is 23.9 Å². The van der Waals surface area contributed by atoms with Crippen LogP contribution in [-0.4, -0.2) is 37.5 Å². The molecule has 1 aliphatic heterocycles. The normalized spacial score (nSPS) is 17.8. The number of ether oxygens (including phenoxy) is 2. The van der Waals surface area contributed by atoms with Crippen molar-refractivity contribution >= 4 is 40.2 Å². The molecule has 1 aliphatic rings. The number of para-hydroxylation sites is 1. The van der Waals surface area contributed by atoms with Crippen LogP contribution in [0, 0.1) is 3.57 Å². The summed E-state index contributed by atoms with van der Waals surface area (Å²) in [7, 11) is 2.93. The maximum Gasteiger partial charge on any atom is 0.354 e. The van der Waals surface area contributed by atoms with Gasteiger partial charge in [0.05, 0.1) is 12.8 Å². The van der Waals surface area contributed by atoms with Gasteiger partial charge in [0.2, 0.25) is 0 Å². The van der Waals surface area contributed by atoms with E-state index in [4.69, 9.17) is 14.3 Å². The molecule has 0 aliphatic carbocycles. The van der Waals surface area contributed by atoms with Crippen molar-refractivity contribution in [3.63, 3.8) is 0 Å². The van der Waals surface area contributed by atoms with Crippen molar-refractivity contribution in [3.05, 3.63) is 51.4 Å². The lowest BCUT2D eigenvalue weighted by Gasteiger charge is -2.38. The molecule has 0 spiro atoms. The van der Waals surface area contributed by atoms with Gasteiger partial charge in [0.25, 0.3) is 5.91 Å². The number of nitrogens with zero attached hydrogens (tertiary/aromatic N) is 2. The number of hydrogen-bond acceptors (Lipinski definition) is 5. The van der Waals surface area contributed by atoms with Crippen molar-refractivity contribution in [2.24, 2.45) is 0 Å². The first-order chi connectivity index (χ1) is 15.0. The Hall–Kier alpha value is -1.91. The van der Waals surface area contributed by atoms with Crippen molar-refractivity contribution in [1.29, 1.82) is 0 Å². The number of esters is 1. The van der Waals surface area contributed by atoms with Crippen LogP contribution in [0.4, 0.5) is 5.69 Å². The van der Waals surface area contributed by atoms with Gasteiger partial charge in [-0.15, -0.1) is 0 Å². The molecule has 1 aromatic heterocycles. The third kappa shape index (κ3) is 4.96. The zero-order valence-corrected chi connectivity index (χ0v) is 20.4. The molecule has 31 heavy (non-hydrogen) atoms. The van der Waals surface area contributed by atoms with Crippen LogP contribution in [0.1, 0.15) is 55.2 Å². The van der Waals surface area contributed by atoms with E-state index in [1.165, 1.54) is 19.3 Å². The Bertz CT molecular complexity index is 928. The molecule has 1 atom stereocenters. The lowest BCUT2D eigenvalue weighted by atomic mass is 9.72. The second kappa shape index (κ2) is 10.6. The molecule has 0 fully saturated rings. The molecule has 1 aromatic carbocycles. The van der Waals surface area contributed by atoms with E-state index in [1.54, 1.807) is 0 Å². The first-order valence-electron chi connectivity index (χ1n) is 10.4. The minimum Gasteiger partial charge on any atom is -0.464 e. The van der Waals surface area contributed by atoms with Crippen LogP contribution in [0.3, 0.4) is 0 Å². The van der Waals surface area contributed by atoms with E-state index in [-0.39, 0.29) is 24.1 Å². The Morgan fingerprint density at radius 2 is 1.97 bits per heavy atom. The largest absolute Gasteiger partial charge is 0.464 e. The van der Waals surface area contributed by atoms with E-state index in [0.717, 1.165) is 35.1 Å². The van der Waals surface area contributed by atoms with Crippen LogP contribution < -0.4 is 5.06 Å². The maximum absolute atomic E-state index is 13.2. The molecule has 0 N–H and O–H groups in total. The molecule has 2 aromatic rings. The Balaban J connectivity index is 1.83. The molecule has 0 radical (unpaired) electrons. The molecule has 7 nitrogen and oxygen atoms in total. The number of fused-ring (bicyclic) bond motifs is 1. The van der Waals surface area contributed by atoms with Crippen LogP contribution >= 0.6 is 22.6 Å². The lowest BCUT2D eigenvalue weighted by Crippen LogP contribution is -2.37. The van der Waals surface area contributed by atoms with E-state index >= 15 is 0 Å². The number of anilines is 1. The quantitative estimate of drug-likeness (QED) is 0.200. The van der Waals surface area contributed by atoms with Crippen LogP contribution in [0.15, 0.2) is 36.4 Å². The monoisotopic (exact) mass is 540 g/mol. The van der Waals surface area contributed by atoms with Gasteiger partial charge in [-0.3, -0.25) is 4.79 Å². The van der Waals surface area contributed by atoms with Gasteiger partial charge in [-0.25, -0.2) is 9.63 Å². The molecular weight excluding hydrogens is 511 g/mol. The van der Waals surface area contributed by atoms with Gasteiger partial charge in [0.15, 0.2) is 6.79 Å². The molecule has 168 valence electrons. The zero-order valence-electron chi connectivity index (χ0n) is 18.2. The lowest BCUT2D eigenvalue weighted by molar-refractivity contribution is -0.132. The standard InChI is InChI=1S/C23H29IN2O5/c1-4-23(13-7-15-25-19(22(28)30-3)10-11-20(23)25)14-12-21(27)26(31-16-29-2)18-9-6-5-8-17(18)24/h5-6,8-11H,4,7,12-16H2,1-3H3/t23-/m1/s1. The number of benzene rings is 1. The van der Waals surface area contributed by atoms with Crippen molar-refractivity contribution in [3.8, 4) is 0 Å². The first kappa shape index (κ1) is 23.7. The Kier molecular flexibility index (Phi) is 8.12. The minimum atomic E-state index is -0.327. The summed E-state index contributed by atoms with van der Waals surface area (Å²) in [6, 6.07) is 11.4. The second-order valence-electron chi connectivity index (χ2n) is 7.66. The van der Waals surface area contributed by atoms with Gasteiger partial charge in [-0.1, -0.05) is 19.1 Å². The van der Waals surface area contributed by atoms with E-state index in [2.05, 4.69) is 34.1 Å². The topological polar surface area (TPSA) is 70.0 Å². The number of halogens is 1. The van der Waals surface area contributed by atoms with E-state index in [1.807, 2.05) is 36.4 Å². The van der Waals surface area contributed by atoms with Gasteiger partial charge in [0.1, 0.15) is 5.69 Å². The number of carbonyl (C=O) groups excluding carboxylic acids is 2. The fourth-order valence-corrected chi connectivity index (χ4v) is 5.00. The zero-order chi connectivity index (χ0) is 22.4. The summed E-state index contributed by atoms with van der Waals surface area (Å²) < 4.78 is 13.0. The number of aromatic nitrogens is 1. The van der Waals surface area contributed by atoms with E-state index in [9.17, 15) is 9.59 Å². The fourth-order valence-electron chi connectivity index (χ4n) is 4.39. The van der Waals surface area contributed by atoms with Crippen molar-refractivity contribution in [1.82, 2.24) is 4.57 Å². The van der Waals surface area contributed by atoms with Gasteiger partial charge in [-0.2, -0.15) is 5.06 Å². The van der Waals surface area contributed by atoms with Crippen LogP contribution in [0.5, 0.6) is 0 Å². The SMILES string of the molecule is CC[C@]1(CCC(=O)N(OCOC)c2ccccc2I)CCCn2c(C(=O)OC)ccc21. The van der Waals surface area contributed by atoms with Gasteiger partial charge >= 0.3 is 5.97 Å². The van der Waals surface area contributed by atoms with Crippen molar-refractivity contribution in [2.45, 2.75) is 51.0 Å². The number of carbonyl (C=O) groups is 2. The molecule has 2 heterocycles. The minimum absolute atomic E-state index is 0.0129. The summed E-state index contributed by atoms with van der Waals surface area (Å²) in [5.74, 6) is -0.446. The van der Waals surface area contributed by atoms with Gasteiger partial charge in [-0.05, 0) is 72.5 Å². The van der Waals surface area contributed by atoms with Crippen LogP contribution in [-0.2, 0) is 31.1 Å². The van der Waals surface area contributed by atoms with Crippen molar-refractivity contribution in [2.75, 3.05) is 26.1 Å². The summed E-state index contributed by atoms with van der Waals surface area (Å²) in [5, 5.41) is 1.34. The predicted molar refractivity (Wildman–Crippen MR) is 126 cm³/mol. The molecule has 8 heteroatoms. The molecule has 0 saturated heterocycles. The van der Waals surface area contributed by atoms with Crippen LogP contribution in [0.25, 0.3) is 0 Å². The summed E-state index contributed by atoms with van der Waals surface area (Å²) in [4.78, 5) is 31.0. The highest BCUT2D eigenvalue weighted by Gasteiger charge is 2.38. The highest BCUT2D eigenvalue weighted by molar-refractivity contribution is 14.1. The average molecular weight is 540 g/mol. The van der Waals surface area contributed by atoms with Crippen LogP contribution in [0.2, 0.25) is 0 Å². The molecule has 0 unspecified atom stereocenters. The summed E-state index contributed by atoms with van der Waals surface area (Å²) in [6.45, 7) is 2.92. The third-order valence-corrected chi connectivity index (χ3v) is 6.96. The number of amides is 1. The number of rotatable bonds is 9. The Morgan fingerprint density at radius 3 is 2.65 bits per heavy atom. The summed E-state index contributed by atoms with van der Waals surface area (Å²) in [6.07, 6.45) is 3.80. The molecule has 3 rings (SSSR count). The Morgan fingerprint density at radius 1 is 1.19 bits per heavy atom. The highest BCUT2D eigenvalue weighted by atomic mass is 127. The van der Waals surface area contributed by atoms with Gasteiger partial charge < -0.3 is 14.0 Å². The molecule has 1 amide bonds. The molecular formula is C23H29IN2O5. The number of hydroxylamine groups is 1. The molecule has 0 bridgehead atoms. The average Bonchev–Trinajstić information content (AvgIpc) is 3.23. The predicted octanol–water partition coefficient (Wildman–Crippen LogP) is 4.67. The van der Waals surface area contributed by atoms with E-state index < -0.39 is 0 Å². The maximum atomic E-state index is 13.2. The smallest absolute Gasteiger partial charge is 0.354 e. The van der Waals surface area contributed by atoms with Gasteiger partial charge in [0, 0.05) is 34.8 Å². The number of hydrogen-bond donors (Lipinski definition) is 0. The highest BCUT2D eigenvalue weighted by Crippen LogP contribution is 2.42. The fraction of sp³-hybridized carbons (Fsp3) is 0.478. The second-order valence-corrected chi connectivity index (χ2v) is 8.82. The Labute approximate surface area is 196 Å². The summed E-state index contributed by atoms with van der Waals surface area (Å²) in [5.41, 5.74) is 2.21. The molecule has 0 saturated carbocycles. The number of methoxy groups -OCH3 is 2. The summed E-state index contributed by atoms with van der Waals surface area (Å²) >= 11 is 2.19. The van der Waals surface area contributed by atoms with E-state index in [0.29, 0.717) is 24.2 Å². The third-order valence-electron chi connectivity index (χ3n) is 6.05. The first-order valence-corrected chi connectivity index (χ1v) is 11.5.